The highest BCUT2D eigenvalue weighted by Crippen LogP contribution is 2.30. The first-order valence-electron chi connectivity index (χ1n) is 8.58. The molecular weight excluding hydrogens is 330 g/mol. The average molecular weight is 351 g/mol. The topological polar surface area (TPSA) is 36.4 Å². The van der Waals surface area contributed by atoms with Crippen molar-refractivity contribution in [1.82, 2.24) is 9.88 Å². The number of fused-ring (bicyclic) bond motifs is 1. The molecule has 0 N–H and O–H groups in total. The molecule has 0 atom stereocenters. The molecule has 1 aliphatic heterocycles. The fraction of sp³-hybridized carbons (Fsp3) is 0.300. The minimum atomic E-state index is 0.128. The summed E-state index contributed by atoms with van der Waals surface area (Å²) in [5.41, 5.74) is 4.22. The fourth-order valence-electron chi connectivity index (χ4n) is 3.22. The molecule has 128 valence electrons. The molecule has 0 bridgehead atoms. The number of aromatic nitrogens is 1. The van der Waals surface area contributed by atoms with Gasteiger partial charge in [-0.25, -0.2) is 4.98 Å². The summed E-state index contributed by atoms with van der Waals surface area (Å²) in [6.45, 7) is 7.26. The Balaban J connectivity index is 1.46. The largest absolute Gasteiger partial charge is 0.345 e. The summed E-state index contributed by atoms with van der Waals surface area (Å²) >= 11 is 1.74. The Kier molecular flexibility index (Phi) is 4.17. The summed E-state index contributed by atoms with van der Waals surface area (Å²) < 4.78 is 1.23. The van der Waals surface area contributed by atoms with Crippen molar-refractivity contribution >= 4 is 32.6 Å². The Bertz CT molecular complexity index is 926. The van der Waals surface area contributed by atoms with Crippen LogP contribution in [-0.2, 0) is 0 Å². The molecule has 1 saturated heterocycles. The number of piperazine rings is 1. The van der Waals surface area contributed by atoms with E-state index in [0.29, 0.717) is 0 Å². The van der Waals surface area contributed by atoms with E-state index < -0.39 is 0 Å². The SMILES string of the molecule is Cc1cccc(C(=O)N2CCN(c3nc4ccc(C)cc4s3)CC2)c1. The molecule has 0 radical (unpaired) electrons. The molecule has 25 heavy (non-hydrogen) atoms. The van der Waals surface area contributed by atoms with E-state index in [-0.39, 0.29) is 5.91 Å². The average Bonchev–Trinajstić information content (AvgIpc) is 3.04. The van der Waals surface area contributed by atoms with Gasteiger partial charge < -0.3 is 9.80 Å². The van der Waals surface area contributed by atoms with Gasteiger partial charge in [0.15, 0.2) is 5.13 Å². The normalized spacial score (nSPS) is 15.0. The quantitative estimate of drug-likeness (QED) is 0.703. The highest BCUT2D eigenvalue weighted by Gasteiger charge is 2.24. The van der Waals surface area contributed by atoms with Crippen LogP contribution in [0.25, 0.3) is 10.2 Å². The number of amides is 1. The van der Waals surface area contributed by atoms with Crippen LogP contribution in [0.4, 0.5) is 5.13 Å². The van der Waals surface area contributed by atoms with Gasteiger partial charge in [-0.05, 0) is 43.7 Å². The first-order valence-corrected chi connectivity index (χ1v) is 9.40. The number of thiazole rings is 1. The molecule has 1 aliphatic rings. The van der Waals surface area contributed by atoms with Crippen LogP contribution in [0.2, 0.25) is 0 Å². The molecule has 2 aromatic carbocycles. The molecule has 0 spiro atoms. The van der Waals surface area contributed by atoms with Gasteiger partial charge in [-0.1, -0.05) is 35.1 Å². The van der Waals surface area contributed by atoms with E-state index in [1.807, 2.05) is 36.1 Å². The Morgan fingerprint density at radius 3 is 2.52 bits per heavy atom. The summed E-state index contributed by atoms with van der Waals surface area (Å²) in [6.07, 6.45) is 0. The third kappa shape index (κ3) is 3.24. The van der Waals surface area contributed by atoms with Gasteiger partial charge in [0.1, 0.15) is 0 Å². The third-order valence-corrected chi connectivity index (χ3v) is 5.71. The van der Waals surface area contributed by atoms with Crippen LogP contribution >= 0.6 is 11.3 Å². The van der Waals surface area contributed by atoms with E-state index in [1.54, 1.807) is 11.3 Å². The van der Waals surface area contributed by atoms with Crippen molar-refractivity contribution in [3.8, 4) is 0 Å². The minimum Gasteiger partial charge on any atom is -0.345 e. The molecule has 0 saturated carbocycles. The summed E-state index contributed by atoms with van der Waals surface area (Å²) in [6, 6.07) is 14.2. The van der Waals surface area contributed by atoms with Gasteiger partial charge in [-0.2, -0.15) is 0 Å². The molecule has 1 fully saturated rings. The fourth-order valence-corrected chi connectivity index (χ4v) is 4.33. The summed E-state index contributed by atoms with van der Waals surface area (Å²) in [5.74, 6) is 0.128. The number of aryl methyl sites for hydroxylation is 2. The Labute approximate surface area is 151 Å². The standard InChI is InChI=1S/C20H21N3OS/c1-14-4-3-5-16(12-14)19(24)22-8-10-23(11-9-22)20-21-17-7-6-15(2)13-18(17)25-20/h3-7,12-13H,8-11H2,1-2H3. The van der Waals surface area contributed by atoms with E-state index in [0.717, 1.165) is 48.0 Å². The maximum absolute atomic E-state index is 12.7. The van der Waals surface area contributed by atoms with Crippen molar-refractivity contribution in [3.05, 3.63) is 59.2 Å². The van der Waals surface area contributed by atoms with Crippen LogP contribution in [0.1, 0.15) is 21.5 Å². The van der Waals surface area contributed by atoms with Crippen LogP contribution < -0.4 is 4.90 Å². The molecular formula is C20H21N3OS. The lowest BCUT2D eigenvalue weighted by molar-refractivity contribution is 0.0746. The molecule has 0 aliphatic carbocycles. The number of hydrogen-bond acceptors (Lipinski definition) is 4. The monoisotopic (exact) mass is 351 g/mol. The van der Waals surface area contributed by atoms with Gasteiger partial charge >= 0.3 is 0 Å². The van der Waals surface area contributed by atoms with Crippen molar-refractivity contribution in [2.45, 2.75) is 13.8 Å². The number of nitrogens with zero attached hydrogens (tertiary/aromatic N) is 3. The predicted molar refractivity (Wildman–Crippen MR) is 104 cm³/mol. The van der Waals surface area contributed by atoms with Crippen LogP contribution in [0.5, 0.6) is 0 Å². The Hall–Kier alpha value is -2.40. The van der Waals surface area contributed by atoms with Crippen molar-refractivity contribution in [3.63, 3.8) is 0 Å². The molecule has 1 aromatic heterocycles. The molecule has 3 aromatic rings. The van der Waals surface area contributed by atoms with Gasteiger partial charge in [-0.3, -0.25) is 4.79 Å². The lowest BCUT2D eigenvalue weighted by Gasteiger charge is -2.34. The second kappa shape index (κ2) is 6.48. The Morgan fingerprint density at radius 2 is 1.76 bits per heavy atom. The summed E-state index contributed by atoms with van der Waals surface area (Å²) in [5, 5.41) is 1.06. The van der Waals surface area contributed by atoms with Gasteiger partial charge in [0.25, 0.3) is 5.91 Å². The second-order valence-electron chi connectivity index (χ2n) is 6.62. The van der Waals surface area contributed by atoms with Crippen molar-refractivity contribution < 1.29 is 4.79 Å². The van der Waals surface area contributed by atoms with Crippen molar-refractivity contribution in [1.29, 1.82) is 0 Å². The third-order valence-electron chi connectivity index (χ3n) is 4.64. The zero-order chi connectivity index (χ0) is 17.4. The molecule has 5 heteroatoms. The second-order valence-corrected chi connectivity index (χ2v) is 7.63. The van der Waals surface area contributed by atoms with Gasteiger partial charge in [0.2, 0.25) is 0 Å². The van der Waals surface area contributed by atoms with Gasteiger partial charge in [0.05, 0.1) is 10.2 Å². The van der Waals surface area contributed by atoms with Crippen LogP contribution in [0.3, 0.4) is 0 Å². The maximum Gasteiger partial charge on any atom is 0.253 e. The Morgan fingerprint density at radius 1 is 1.00 bits per heavy atom. The molecule has 2 heterocycles. The smallest absolute Gasteiger partial charge is 0.253 e. The molecule has 0 unspecified atom stereocenters. The minimum absolute atomic E-state index is 0.128. The highest BCUT2D eigenvalue weighted by molar-refractivity contribution is 7.22. The van der Waals surface area contributed by atoms with Crippen molar-refractivity contribution in [2.75, 3.05) is 31.1 Å². The lowest BCUT2D eigenvalue weighted by Crippen LogP contribution is -2.48. The zero-order valence-corrected chi connectivity index (χ0v) is 15.3. The number of benzene rings is 2. The van der Waals surface area contributed by atoms with Crippen LogP contribution in [0.15, 0.2) is 42.5 Å². The summed E-state index contributed by atoms with van der Waals surface area (Å²) in [7, 11) is 0. The first kappa shape index (κ1) is 16.1. The van der Waals surface area contributed by atoms with E-state index in [4.69, 9.17) is 4.98 Å². The van der Waals surface area contributed by atoms with E-state index in [2.05, 4.69) is 30.0 Å². The van der Waals surface area contributed by atoms with E-state index in [1.165, 1.54) is 10.3 Å². The molecule has 1 amide bonds. The van der Waals surface area contributed by atoms with Crippen LogP contribution in [0, 0.1) is 13.8 Å². The van der Waals surface area contributed by atoms with Gasteiger partial charge in [-0.15, -0.1) is 0 Å². The molecule has 4 nitrogen and oxygen atoms in total. The van der Waals surface area contributed by atoms with E-state index in [9.17, 15) is 4.79 Å². The maximum atomic E-state index is 12.7. The summed E-state index contributed by atoms with van der Waals surface area (Å²) in [4.78, 5) is 21.7. The number of carbonyl (C=O) groups is 1. The first-order chi connectivity index (χ1) is 12.1. The number of rotatable bonds is 2. The van der Waals surface area contributed by atoms with Crippen LogP contribution in [-0.4, -0.2) is 42.0 Å². The zero-order valence-electron chi connectivity index (χ0n) is 14.5. The highest BCUT2D eigenvalue weighted by atomic mass is 32.1. The number of anilines is 1. The lowest BCUT2D eigenvalue weighted by atomic mass is 10.1. The van der Waals surface area contributed by atoms with Crippen molar-refractivity contribution in [2.24, 2.45) is 0 Å². The van der Waals surface area contributed by atoms with Gasteiger partial charge in [0, 0.05) is 31.7 Å². The molecule has 4 rings (SSSR count). The number of carbonyl (C=O) groups excluding carboxylic acids is 1. The number of hydrogen-bond donors (Lipinski definition) is 0. The van der Waals surface area contributed by atoms with E-state index >= 15 is 0 Å². The predicted octanol–water partition coefficient (Wildman–Crippen LogP) is 3.88.